The minimum atomic E-state index is -1.06. The summed E-state index contributed by atoms with van der Waals surface area (Å²) in [5.41, 5.74) is 3.18. The highest BCUT2D eigenvalue weighted by Gasteiger charge is 2.27. The van der Waals surface area contributed by atoms with E-state index in [0.29, 0.717) is 22.0 Å². The summed E-state index contributed by atoms with van der Waals surface area (Å²) >= 11 is 0. The SMILES string of the molecule is Cc1c2c(n(-c3ccc(C(=O)O)cc3)c(=O)/c1=C\c1ccc(N(C)C)cc1)=NN(C)C2=O. The molecule has 1 N–H and O–H groups in total. The number of amides is 1. The first-order valence-corrected chi connectivity index (χ1v) is 9.94. The van der Waals surface area contributed by atoms with Crippen molar-refractivity contribution in [2.75, 3.05) is 26.0 Å². The Bertz CT molecular complexity index is 1420. The molecule has 1 aliphatic heterocycles. The van der Waals surface area contributed by atoms with E-state index in [1.54, 1.807) is 13.0 Å². The smallest absolute Gasteiger partial charge is 0.335 e. The zero-order chi connectivity index (χ0) is 23.2. The molecule has 8 nitrogen and oxygen atoms in total. The van der Waals surface area contributed by atoms with Gasteiger partial charge in [0.15, 0.2) is 5.49 Å². The van der Waals surface area contributed by atoms with Gasteiger partial charge in [0.05, 0.1) is 16.8 Å². The maximum Gasteiger partial charge on any atom is 0.335 e. The minimum Gasteiger partial charge on any atom is -0.478 e. The standard InChI is InChI=1S/C24H22N4O4/c1-14-19(13-15-5-9-17(10-6-15)26(2)3)22(29)28(21-20(14)23(30)27(4)25-21)18-11-7-16(8-12-18)24(31)32/h5-13H,1-4H3,(H,31,32)/b19-13-. The lowest BCUT2D eigenvalue weighted by Crippen LogP contribution is -2.45. The number of hydrogen-bond acceptors (Lipinski definition) is 5. The topological polar surface area (TPSA) is 95.2 Å². The molecule has 2 heterocycles. The van der Waals surface area contributed by atoms with Gasteiger partial charge in [0.2, 0.25) is 0 Å². The molecule has 4 rings (SSSR count). The Balaban J connectivity index is 2.01. The van der Waals surface area contributed by atoms with Crippen LogP contribution in [0.2, 0.25) is 0 Å². The molecule has 8 heteroatoms. The summed E-state index contributed by atoms with van der Waals surface area (Å²) in [4.78, 5) is 39.6. The second-order valence-electron chi connectivity index (χ2n) is 7.79. The molecule has 0 atom stereocenters. The van der Waals surface area contributed by atoms with Gasteiger partial charge < -0.3 is 10.0 Å². The van der Waals surface area contributed by atoms with Crippen molar-refractivity contribution in [3.05, 3.63) is 91.8 Å². The van der Waals surface area contributed by atoms with Crippen LogP contribution < -0.4 is 21.2 Å². The van der Waals surface area contributed by atoms with E-state index in [4.69, 9.17) is 0 Å². The van der Waals surface area contributed by atoms with E-state index < -0.39 is 5.97 Å². The van der Waals surface area contributed by atoms with Crippen molar-refractivity contribution >= 4 is 23.6 Å². The molecule has 0 saturated carbocycles. The van der Waals surface area contributed by atoms with Gasteiger partial charge in [-0.1, -0.05) is 12.1 Å². The highest BCUT2D eigenvalue weighted by molar-refractivity contribution is 5.96. The largest absolute Gasteiger partial charge is 0.478 e. The van der Waals surface area contributed by atoms with Crippen LogP contribution in [0.15, 0.2) is 58.4 Å². The van der Waals surface area contributed by atoms with E-state index in [2.05, 4.69) is 5.10 Å². The number of rotatable bonds is 4. The molecule has 0 unspecified atom stereocenters. The van der Waals surface area contributed by atoms with Crippen LogP contribution in [0.25, 0.3) is 11.8 Å². The number of nitrogens with zero attached hydrogens (tertiary/aromatic N) is 4. The van der Waals surface area contributed by atoms with Gasteiger partial charge in [-0.15, -0.1) is 0 Å². The molecule has 0 aliphatic carbocycles. The molecule has 0 saturated heterocycles. The molecule has 32 heavy (non-hydrogen) atoms. The van der Waals surface area contributed by atoms with Crippen LogP contribution in [-0.4, -0.2) is 47.7 Å². The molecule has 1 aromatic heterocycles. The third-order valence-corrected chi connectivity index (χ3v) is 5.49. The van der Waals surface area contributed by atoms with E-state index in [9.17, 15) is 19.5 Å². The monoisotopic (exact) mass is 430 g/mol. The molecule has 3 aromatic rings. The van der Waals surface area contributed by atoms with Crippen LogP contribution >= 0.6 is 0 Å². The van der Waals surface area contributed by atoms with Crippen molar-refractivity contribution in [3.8, 4) is 5.69 Å². The third kappa shape index (κ3) is 3.45. The predicted molar refractivity (Wildman–Crippen MR) is 121 cm³/mol. The second kappa shape index (κ2) is 7.81. The Hall–Kier alpha value is -4.20. The number of benzene rings is 2. The lowest BCUT2D eigenvalue weighted by atomic mass is 10.1. The molecule has 162 valence electrons. The molecule has 0 bridgehead atoms. The van der Waals surface area contributed by atoms with Gasteiger partial charge in [-0.05, 0) is 60.5 Å². The second-order valence-corrected chi connectivity index (χ2v) is 7.79. The van der Waals surface area contributed by atoms with Crippen molar-refractivity contribution in [1.29, 1.82) is 0 Å². The highest BCUT2D eigenvalue weighted by atomic mass is 16.4. The first-order chi connectivity index (χ1) is 15.2. The number of carbonyl (C=O) groups is 2. The van der Waals surface area contributed by atoms with E-state index in [1.165, 1.54) is 40.9 Å². The molecule has 0 radical (unpaired) electrons. The summed E-state index contributed by atoms with van der Waals surface area (Å²) in [7, 11) is 5.43. The number of carbonyl (C=O) groups excluding carboxylic acids is 1. The molecule has 0 fully saturated rings. The summed E-state index contributed by atoms with van der Waals surface area (Å²) < 4.78 is 1.36. The van der Waals surface area contributed by atoms with Crippen LogP contribution in [0.3, 0.4) is 0 Å². The Labute approximate surface area is 183 Å². The van der Waals surface area contributed by atoms with Crippen LogP contribution in [0.1, 0.15) is 31.8 Å². The fourth-order valence-electron chi connectivity index (χ4n) is 3.69. The average molecular weight is 430 g/mol. The van der Waals surface area contributed by atoms with Crippen LogP contribution in [0.5, 0.6) is 0 Å². The predicted octanol–water partition coefficient (Wildman–Crippen LogP) is 1.36. The van der Waals surface area contributed by atoms with Gasteiger partial charge >= 0.3 is 5.97 Å². The van der Waals surface area contributed by atoms with E-state index in [1.807, 2.05) is 43.3 Å². The Morgan fingerprint density at radius 3 is 2.22 bits per heavy atom. The summed E-state index contributed by atoms with van der Waals surface area (Å²) in [5.74, 6) is -1.36. The van der Waals surface area contributed by atoms with Crippen molar-refractivity contribution in [1.82, 2.24) is 9.58 Å². The van der Waals surface area contributed by atoms with Gasteiger partial charge in [0.1, 0.15) is 0 Å². The van der Waals surface area contributed by atoms with Crippen LogP contribution in [0.4, 0.5) is 5.69 Å². The maximum atomic E-state index is 13.6. The van der Waals surface area contributed by atoms with Crippen molar-refractivity contribution in [2.45, 2.75) is 6.92 Å². The number of anilines is 1. The fourth-order valence-corrected chi connectivity index (χ4v) is 3.69. The van der Waals surface area contributed by atoms with Crippen molar-refractivity contribution in [3.63, 3.8) is 0 Å². The average Bonchev–Trinajstić information content (AvgIpc) is 3.06. The molecule has 2 aromatic carbocycles. The zero-order valence-electron chi connectivity index (χ0n) is 18.2. The number of aromatic nitrogens is 1. The first-order valence-electron chi connectivity index (χ1n) is 9.94. The summed E-state index contributed by atoms with van der Waals surface area (Å²) in [6, 6.07) is 13.6. The summed E-state index contributed by atoms with van der Waals surface area (Å²) in [6.45, 7) is 1.74. The van der Waals surface area contributed by atoms with Gasteiger partial charge in [-0.25, -0.2) is 9.80 Å². The normalized spacial score (nSPS) is 13.2. The lowest BCUT2D eigenvalue weighted by molar-refractivity contribution is 0.0696. The van der Waals surface area contributed by atoms with Gasteiger partial charge in [-0.3, -0.25) is 14.2 Å². The number of hydrogen-bond donors (Lipinski definition) is 1. The van der Waals surface area contributed by atoms with Gasteiger partial charge in [-0.2, -0.15) is 5.10 Å². The molecule has 0 spiro atoms. The van der Waals surface area contributed by atoms with E-state index in [0.717, 1.165) is 11.3 Å². The Kier molecular flexibility index (Phi) is 5.14. The van der Waals surface area contributed by atoms with E-state index >= 15 is 0 Å². The summed E-state index contributed by atoms with van der Waals surface area (Å²) in [6.07, 6.45) is 1.76. The zero-order valence-corrected chi connectivity index (χ0v) is 18.2. The van der Waals surface area contributed by atoms with E-state index in [-0.39, 0.29) is 22.5 Å². The number of fused-ring (bicyclic) bond motifs is 1. The third-order valence-electron chi connectivity index (χ3n) is 5.49. The first kappa shape index (κ1) is 21.0. The molecular weight excluding hydrogens is 408 g/mol. The number of pyridine rings is 1. The Morgan fingerprint density at radius 2 is 1.66 bits per heavy atom. The van der Waals surface area contributed by atoms with Gasteiger partial charge in [0, 0.05) is 32.0 Å². The van der Waals surface area contributed by atoms with Crippen LogP contribution in [-0.2, 0) is 0 Å². The highest BCUT2D eigenvalue weighted by Crippen LogP contribution is 2.14. The lowest BCUT2D eigenvalue weighted by Gasteiger charge is -2.12. The fraction of sp³-hybridized carbons (Fsp3) is 0.167. The van der Waals surface area contributed by atoms with Crippen molar-refractivity contribution < 1.29 is 14.7 Å². The molecular formula is C24H22N4O4. The number of carboxylic acids is 1. The molecule has 1 aliphatic rings. The minimum absolute atomic E-state index is 0.100. The van der Waals surface area contributed by atoms with Crippen molar-refractivity contribution in [2.24, 2.45) is 5.10 Å². The maximum absolute atomic E-state index is 13.6. The number of aromatic carboxylic acids is 1. The Morgan fingerprint density at radius 1 is 1.03 bits per heavy atom. The summed E-state index contributed by atoms with van der Waals surface area (Å²) in [5, 5.41) is 15.0. The molecule has 1 amide bonds. The van der Waals surface area contributed by atoms with Gasteiger partial charge in [0.25, 0.3) is 11.5 Å². The number of carboxylic acid groups (broad SMARTS) is 1. The van der Waals surface area contributed by atoms with Crippen LogP contribution in [0, 0.1) is 6.92 Å². The quantitative estimate of drug-likeness (QED) is 0.674.